The Labute approximate surface area is 103 Å². The van der Waals surface area contributed by atoms with E-state index in [1.165, 1.54) is 0 Å². The van der Waals surface area contributed by atoms with E-state index in [1.807, 2.05) is 20.8 Å². The monoisotopic (exact) mass is 245 g/mol. The molecule has 5 nitrogen and oxygen atoms in total. The molecule has 0 unspecified atom stereocenters. The van der Waals surface area contributed by atoms with Crippen LogP contribution in [0.5, 0.6) is 0 Å². The summed E-state index contributed by atoms with van der Waals surface area (Å²) in [5.74, 6) is -1.02. The number of rotatable bonds is 9. The van der Waals surface area contributed by atoms with Gasteiger partial charge in [-0.15, -0.1) is 0 Å². The number of hydrogen-bond acceptors (Lipinski definition) is 3. The molecular weight excluding hydrogens is 222 g/mol. The number of carboxylic acids is 1. The molecule has 5 heteroatoms. The maximum absolute atomic E-state index is 11.4. The van der Waals surface area contributed by atoms with Gasteiger partial charge in [0.25, 0.3) is 0 Å². The zero-order valence-corrected chi connectivity index (χ0v) is 10.9. The Balaban J connectivity index is 3.91. The average Bonchev–Trinajstić information content (AvgIpc) is 2.22. The summed E-state index contributed by atoms with van der Waals surface area (Å²) < 4.78 is 5.17. The number of hydrogen-bond donors (Lipinski definition) is 2. The van der Waals surface area contributed by atoms with E-state index < -0.39 is 12.0 Å². The highest BCUT2D eigenvalue weighted by molar-refractivity contribution is 5.83. The SMILES string of the molecule is CCCOCCC(=O)N[C@@H](CC(C)C)C(=O)O. The first-order valence-corrected chi connectivity index (χ1v) is 6.07. The topological polar surface area (TPSA) is 75.6 Å². The van der Waals surface area contributed by atoms with Crippen LogP contribution in [0.25, 0.3) is 0 Å². The standard InChI is InChI=1S/C12H23NO4/c1-4-6-17-7-5-11(14)13-10(12(15)16)8-9(2)3/h9-10H,4-8H2,1-3H3,(H,13,14)(H,15,16)/t10-/m0/s1. The molecule has 0 aromatic rings. The number of carboxylic acid groups (broad SMARTS) is 1. The number of aliphatic carboxylic acids is 1. The first kappa shape index (κ1) is 15.9. The van der Waals surface area contributed by atoms with Gasteiger partial charge in [-0.25, -0.2) is 4.79 Å². The van der Waals surface area contributed by atoms with Crippen LogP contribution in [0.3, 0.4) is 0 Å². The van der Waals surface area contributed by atoms with Gasteiger partial charge in [0.05, 0.1) is 6.61 Å². The Morgan fingerprint density at radius 1 is 1.29 bits per heavy atom. The van der Waals surface area contributed by atoms with Gasteiger partial charge < -0.3 is 15.2 Å². The molecule has 17 heavy (non-hydrogen) atoms. The first-order valence-electron chi connectivity index (χ1n) is 6.07. The van der Waals surface area contributed by atoms with Gasteiger partial charge in [0, 0.05) is 13.0 Å². The van der Waals surface area contributed by atoms with Crippen molar-refractivity contribution in [3.05, 3.63) is 0 Å². The fourth-order valence-electron chi connectivity index (χ4n) is 1.37. The van der Waals surface area contributed by atoms with Crippen LogP contribution in [0.4, 0.5) is 0 Å². The van der Waals surface area contributed by atoms with E-state index in [0.717, 1.165) is 6.42 Å². The zero-order chi connectivity index (χ0) is 13.3. The molecule has 0 radical (unpaired) electrons. The van der Waals surface area contributed by atoms with Gasteiger partial charge in [-0.3, -0.25) is 4.79 Å². The Bertz CT molecular complexity index is 241. The fraction of sp³-hybridized carbons (Fsp3) is 0.833. The molecule has 0 aliphatic rings. The maximum atomic E-state index is 11.4. The van der Waals surface area contributed by atoms with Crippen molar-refractivity contribution in [1.82, 2.24) is 5.32 Å². The third kappa shape index (κ3) is 8.68. The van der Waals surface area contributed by atoms with Crippen LogP contribution in [0, 0.1) is 5.92 Å². The third-order valence-electron chi connectivity index (χ3n) is 2.16. The van der Waals surface area contributed by atoms with Crippen molar-refractivity contribution in [2.24, 2.45) is 5.92 Å². The van der Waals surface area contributed by atoms with E-state index in [1.54, 1.807) is 0 Å². The molecule has 0 aliphatic carbocycles. The molecule has 0 rings (SSSR count). The number of carbonyl (C=O) groups excluding carboxylic acids is 1. The minimum atomic E-state index is -0.985. The van der Waals surface area contributed by atoms with Crippen LogP contribution in [0.1, 0.15) is 40.0 Å². The van der Waals surface area contributed by atoms with E-state index >= 15 is 0 Å². The average molecular weight is 245 g/mol. The second-order valence-corrected chi connectivity index (χ2v) is 4.45. The van der Waals surface area contributed by atoms with Gasteiger partial charge in [0.1, 0.15) is 6.04 Å². The minimum absolute atomic E-state index is 0.210. The van der Waals surface area contributed by atoms with E-state index in [9.17, 15) is 9.59 Å². The highest BCUT2D eigenvalue weighted by Crippen LogP contribution is 2.05. The fourth-order valence-corrected chi connectivity index (χ4v) is 1.37. The van der Waals surface area contributed by atoms with Crippen molar-refractivity contribution in [2.45, 2.75) is 46.1 Å². The summed E-state index contributed by atoms with van der Waals surface area (Å²) in [6, 6.07) is -0.798. The van der Waals surface area contributed by atoms with Crippen LogP contribution in [-0.2, 0) is 14.3 Å². The summed E-state index contributed by atoms with van der Waals surface area (Å²) in [6.07, 6.45) is 1.56. The Hall–Kier alpha value is -1.10. The minimum Gasteiger partial charge on any atom is -0.480 e. The molecule has 0 spiro atoms. The Morgan fingerprint density at radius 2 is 1.94 bits per heavy atom. The van der Waals surface area contributed by atoms with Gasteiger partial charge >= 0.3 is 5.97 Å². The van der Waals surface area contributed by atoms with E-state index in [4.69, 9.17) is 9.84 Å². The summed E-state index contributed by atoms with van der Waals surface area (Å²) in [4.78, 5) is 22.3. The molecule has 1 atom stereocenters. The van der Waals surface area contributed by atoms with Crippen molar-refractivity contribution in [1.29, 1.82) is 0 Å². The molecule has 2 N–H and O–H groups in total. The van der Waals surface area contributed by atoms with Crippen molar-refractivity contribution < 1.29 is 19.4 Å². The second-order valence-electron chi connectivity index (χ2n) is 4.45. The highest BCUT2D eigenvalue weighted by atomic mass is 16.5. The van der Waals surface area contributed by atoms with Crippen LogP contribution >= 0.6 is 0 Å². The van der Waals surface area contributed by atoms with E-state index in [2.05, 4.69) is 5.32 Å². The molecular formula is C12H23NO4. The Morgan fingerprint density at radius 3 is 2.41 bits per heavy atom. The first-order chi connectivity index (χ1) is 7.97. The second kappa shape index (κ2) is 8.98. The van der Waals surface area contributed by atoms with E-state index in [0.29, 0.717) is 19.6 Å². The summed E-state index contributed by atoms with van der Waals surface area (Å²) in [5, 5.41) is 11.4. The van der Waals surface area contributed by atoms with Crippen molar-refractivity contribution >= 4 is 11.9 Å². The third-order valence-corrected chi connectivity index (χ3v) is 2.16. The van der Waals surface area contributed by atoms with Crippen molar-refractivity contribution in [3.8, 4) is 0 Å². The summed E-state index contributed by atoms with van der Waals surface area (Å²) in [5.41, 5.74) is 0. The molecule has 0 saturated carbocycles. The van der Waals surface area contributed by atoms with E-state index in [-0.39, 0.29) is 18.2 Å². The van der Waals surface area contributed by atoms with Gasteiger partial charge in [-0.2, -0.15) is 0 Å². The molecule has 100 valence electrons. The maximum Gasteiger partial charge on any atom is 0.326 e. The number of nitrogens with one attached hydrogen (secondary N) is 1. The number of amides is 1. The molecule has 0 heterocycles. The summed E-state index contributed by atoms with van der Waals surface area (Å²) in [7, 11) is 0. The van der Waals surface area contributed by atoms with Gasteiger partial charge in [0.2, 0.25) is 5.91 Å². The molecule has 0 fully saturated rings. The molecule has 1 amide bonds. The lowest BCUT2D eigenvalue weighted by Gasteiger charge is -2.16. The molecule has 0 aliphatic heterocycles. The predicted molar refractivity (Wildman–Crippen MR) is 64.7 cm³/mol. The van der Waals surface area contributed by atoms with Crippen molar-refractivity contribution in [2.75, 3.05) is 13.2 Å². The largest absolute Gasteiger partial charge is 0.480 e. The molecule has 0 aromatic heterocycles. The number of ether oxygens (including phenoxy) is 1. The predicted octanol–water partition coefficient (Wildman–Crippen LogP) is 1.42. The van der Waals surface area contributed by atoms with Crippen LogP contribution in [-0.4, -0.2) is 36.2 Å². The lowest BCUT2D eigenvalue weighted by molar-refractivity contribution is -0.142. The van der Waals surface area contributed by atoms with Crippen LogP contribution in [0.15, 0.2) is 0 Å². The lowest BCUT2D eigenvalue weighted by Crippen LogP contribution is -2.41. The Kier molecular flexibility index (Phi) is 8.40. The molecule has 0 aromatic carbocycles. The van der Waals surface area contributed by atoms with Crippen molar-refractivity contribution in [3.63, 3.8) is 0 Å². The summed E-state index contributed by atoms with van der Waals surface area (Å²) in [6.45, 7) is 6.80. The van der Waals surface area contributed by atoms with Gasteiger partial charge in [0.15, 0.2) is 0 Å². The quantitative estimate of drug-likeness (QED) is 0.602. The lowest BCUT2D eigenvalue weighted by atomic mass is 10.0. The van der Waals surface area contributed by atoms with Gasteiger partial charge in [-0.05, 0) is 18.8 Å². The van der Waals surface area contributed by atoms with Crippen LogP contribution in [0.2, 0.25) is 0 Å². The normalized spacial score (nSPS) is 12.5. The van der Waals surface area contributed by atoms with Gasteiger partial charge in [-0.1, -0.05) is 20.8 Å². The zero-order valence-electron chi connectivity index (χ0n) is 10.9. The number of carbonyl (C=O) groups is 2. The highest BCUT2D eigenvalue weighted by Gasteiger charge is 2.20. The summed E-state index contributed by atoms with van der Waals surface area (Å²) >= 11 is 0. The van der Waals surface area contributed by atoms with Crippen LogP contribution < -0.4 is 5.32 Å². The molecule has 0 saturated heterocycles. The smallest absolute Gasteiger partial charge is 0.326 e. The molecule has 0 bridgehead atoms.